The highest BCUT2D eigenvalue weighted by atomic mass is 32.2. The third-order valence-corrected chi connectivity index (χ3v) is 6.75. The second-order valence-corrected chi connectivity index (χ2v) is 9.36. The number of rotatable bonds is 9. The summed E-state index contributed by atoms with van der Waals surface area (Å²) in [6.07, 6.45) is -2.31. The zero-order valence-corrected chi connectivity index (χ0v) is 19.6. The van der Waals surface area contributed by atoms with Gasteiger partial charge in [0.05, 0.1) is 19.8 Å². The first-order chi connectivity index (χ1) is 16.1. The van der Waals surface area contributed by atoms with E-state index in [-0.39, 0.29) is 12.5 Å². The highest BCUT2D eigenvalue weighted by Gasteiger charge is 2.58. The molecule has 2 aliphatic heterocycles. The molecule has 0 radical (unpaired) electrons. The van der Waals surface area contributed by atoms with Crippen LogP contribution >= 0.6 is 11.8 Å². The fourth-order valence-electron chi connectivity index (χ4n) is 4.20. The summed E-state index contributed by atoms with van der Waals surface area (Å²) >= 11 is 1.54. The van der Waals surface area contributed by atoms with Gasteiger partial charge in [0.15, 0.2) is 6.10 Å². The standard InChI is InChI=1S/C25H29NO6S/c1-3-33-24-21-23(32-25(28)26(21)17(2)27)22(30-15-19-12-8-5-9-13-19)20(31-24)16-29-14-18-10-6-4-7-11-18/h4-13,20-24H,3,14-16H2,1-2H3/t20-,21-,22-,23-,24+/m1/s1. The Hall–Kier alpha value is -2.39. The molecule has 2 amide bonds. The zero-order chi connectivity index (χ0) is 23.2. The Morgan fingerprint density at radius 1 is 1.03 bits per heavy atom. The van der Waals surface area contributed by atoms with Crippen molar-refractivity contribution in [2.75, 3.05) is 12.4 Å². The minimum Gasteiger partial charge on any atom is -0.441 e. The van der Waals surface area contributed by atoms with Crippen LogP contribution in [0.3, 0.4) is 0 Å². The molecule has 0 saturated carbocycles. The molecule has 176 valence electrons. The van der Waals surface area contributed by atoms with Gasteiger partial charge in [0.1, 0.15) is 23.7 Å². The third kappa shape index (κ3) is 5.58. The summed E-state index contributed by atoms with van der Waals surface area (Å²) in [5, 5.41) is 0. The molecule has 2 heterocycles. The maximum absolute atomic E-state index is 12.6. The van der Waals surface area contributed by atoms with Gasteiger partial charge in [0.25, 0.3) is 0 Å². The summed E-state index contributed by atoms with van der Waals surface area (Å²) < 4.78 is 24.4. The summed E-state index contributed by atoms with van der Waals surface area (Å²) in [4.78, 5) is 26.0. The molecule has 4 rings (SSSR count). The van der Waals surface area contributed by atoms with Crippen molar-refractivity contribution in [1.82, 2.24) is 4.90 Å². The predicted molar refractivity (Wildman–Crippen MR) is 124 cm³/mol. The maximum atomic E-state index is 12.6. The highest BCUT2D eigenvalue weighted by molar-refractivity contribution is 7.99. The van der Waals surface area contributed by atoms with Crippen molar-refractivity contribution in [3.63, 3.8) is 0 Å². The lowest BCUT2D eigenvalue weighted by Gasteiger charge is -2.43. The van der Waals surface area contributed by atoms with Gasteiger partial charge in [-0.05, 0) is 16.9 Å². The molecule has 2 aliphatic rings. The number of amides is 2. The molecule has 0 unspecified atom stereocenters. The number of ether oxygens (including phenoxy) is 4. The van der Waals surface area contributed by atoms with Crippen molar-refractivity contribution in [3.8, 4) is 0 Å². The Kier molecular flexibility index (Phi) is 8.03. The van der Waals surface area contributed by atoms with E-state index in [9.17, 15) is 9.59 Å². The van der Waals surface area contributed by atoms with Crippen molar-refractivity contribution >= 4 is 23.8 Å². The van der Waals surface area contributed by atoms with E-state index in [0.29, 0.717) is 13.2 Å². The van der Waals surface area contributed by atoms with Crippen molar-refractivity contribution in [3.05, 3.63) is 71.8 Å². The molecule has 0 bridgehead atoms. The van der Waals surface area contributed by atoms with Crippen LogP contribution in [0.15, 0.2) is 60.7 Å². The van der Waals surface area contributed by atoms with E-state index in [1.165, 1.54) is 6.92 Å². The fraction of sp³-hybridized carbons (Fsp3) is 0.440. The predicted octanol–water partition coefficient (Wildman–Crippen LogP) is 4.00. The van der Waals surface area contributed by atoms with Crippen LogP contribution < -0.4 is 0 Å². The zero-order valence-electron chi connectivity index (χ0n) is 18.8. The summed E-state index contributed by atoms with van der Waals surface area (Å²) in [6.45, 7) is 4.42. The Labute approximate surface area is 198 Å². The summed E-state index contributed by atoms with van der Waals surface area (Å²) in [6, 6.07) is 19.1. The van der Waals surface area contributed by atoms with E-state index >= 15 is 0 Å². The highest BCUT2D eigenvalue weighted by Crippen LogP contribution is 2.39. The van der Waals surface area contributed by atoms with E-state index < -0.39 is 35.9 Å². The molecule has 2 aromatic rings. The molecule has 2 saturated heterocycles. The maximum Gasteiger partial charge on any atom is 0.417 e. The average Bonchev–Trinajstić information content (AvgIpc) is 3.17. The van der Waals surface area contributed by atoms with E-state index in [0.717, 1.165) is 21.8 Å². The number of carbonyl (C=O) groups is 2. The minimum absolute atomic E-state index is 0.274. The lowest BCUT2D eigenvalue weighted by atomic mass is 9.97. The first-order valence-electron chi connectivity index (χ1n) is 11.1. The van der Waals surface area contributed by atoms with Crippen molar-refractivity contribution < 1.29 is 28.5 Å². The normalized spacial score (nSPS) is 26.7. The molecule has 0 aliphatic carbocycles. The van der Waals surface area contributed by atoms with Crippen molar-refractivity contribution in [2.24, 2.45) is 0 Å². The van der Waals surface area contributed by atoms with Gasteiger partial charge in [0, 0.05) is 6.92 Å². The lowest BCUT2D eigenvalue weighted by molar-refractivity contribution is -0.192. The van der Waals surface area contributed by atoms with Crippen LogP contribution in [0.1, 0.15) is 25.0 Å². The van der Waals surface area contributed by atoms with Crippen LogP contribution in [0.25, 0.3) is 0 Å². The van der Waals surface area contributed by atoms with Gasteiger partial charge < -0.3 is 18.9 Å². The van der Waals surface area contributed by atoms with Crippen LogP contribution in [0.2, 0.25) is 0 Å². The largest absolute Gasteiger partial charge is 0.441 e. The molecule has 5 atom stereocenters. The second kappa shape index (κ2) is 11.2. The molecule has 2 fully saturated rings. The smallest absolute Gasteiger partial charge is 0.417 e. The van der Waals surface area contributed by atoms with Crippen LogP contribution in [0.4, 0.5) is 4.79 Å². The molecule has 0 aromatic heterocycles. The fourth-order valence-corrected chi connectivity index (χ4v) is 5.23. The number of hydrogen-bond acceptors (Lipinski definition) is 7. The van der Waals surface area contributed by atoms with Gasteiger partial charge >= 0.3 is 6.09 Å². The Bertz CT molecular complexity index is 927. The van der Waals surface area contributed by atoms with Crippen LogP contribution in [-0.4, -0.2) is 59.0 Å². The Morgan fingerprint density at radius 3 is 2.27 bits per heavy atom. The number of nitrogens with zero attached hydrogens (tertiary/aromatic N) is 1. The third-order valence-electron chi connectivity index (χ3n) is 5.70. The Balaban J connectivity index is 1.54. The van der Waals surface area contributed by atoms with Gasteiger partial charge in [-0.2, -0.15) is 0 Å². The first-order valence-corrected chi connectivity index (χ1v) is 12.2. The number of fused-ring (bicyclic) bond motifs is 1. The number of hydrogen-bond donors (Lipinski definition) is 0. The molecule has 2 aromatic carbocycles. The number of carbonyl (C=O) groups excluding carboxylic acids is 2. The molecule has 8 heteroatoms. The summed E-state index contributed by atoms with van der Waals surface area (Å²) in [5.41, 5.74) is 1.63. The number of thioether (sulfide) groups is 1. The quantitative estimate of drug-likeness (QED) is 0.547. The van der Waals surface area contributed by atoms with E-state index in [4.69, 9.17) is 18.9 Å². The van der Waals surface area contributed by atoms with E-state index in [2.05, 4.69) is 0 Å². The van der Waals surface area contributed by atoms with Gasteiger partial charge in [-0.3, -0.25) is 4.79 Å². The van der Waals surface area contributed by atoms with Crippen LogP contribution in [0.5, 0.6) is 0 Å². The Morgan fingerprint density at radius 2 is 1.67 bits per heavy atom. The number of benzene rings is 2. The molecular weight excluding hydrogens is 442 g/mol. The molecule has 7 nitrogen and oxygen atoms in total. The number of imide groups is 1. The van der Waals surface area contributed by atoms with Gasteiger partial charge in [-0.25, -0.2) is 9.69 Å². The molecule has 0 N–H and O–H groups in total. The lowest BCUT2D eigenvalue weighted by Crippen LogP contribution is -2.61. The summed E-state index contributed by atoms with van der Waals surface area (Å²) in [5.74, 6) is 0.402. The summed E-state index contributed by atoms with van der Waals surface area (Å²) in [7, 11) is 0. The van der Waals surface area contributed by atoms with Crippen LogP contribution in [-0.2, 0) is 37.0 Å². The molecule has 33 heavy (non-hydrogen) atoms. The van der Waals surface area contributed by atoms with E-state index in [1.54, 1.807) is 11.8 Å². The monoisotopic (exact) mass is 471 g/mol. The second-order valence-electron chi connectivity index (χ2n) is 7.99. The van der Waals surface area contributed by atoms with E-state index in [1.807, 2.05) is 67.6 Å². The van der Waals surface area contributed by atoms with Crippen LogP contribution in [0, 0.1) is 0 Å². The topological polar surface area (TPSA) is 74.3 Å². The van der Waals surface area contributed by atoms with Crippen molar-refractivity contribution in [2.45, 2.75) is 56.9 Å². The molecule has 0 spiro atoms. The van der Waals surface area contributed by atoms with Crippen molar-refractivity contribution in [1.29, 1.82) is 0 Å². The first kappa shape index (κ1) is 23.8. The SMILES string of the molecule is CCS[C@@H]1O[C@H](COCc2ccccc2)[C@@H](OCc2ccccc2)[C@@H]2OC(=O)N(C(C)=O)[C@H]21. The van der Waals surface area contributed by atoms with Gasteiger partial charge in [0.2, 0.25) is 5.91 Å². The minimum atomic E-state index is -0.651. The van der Waals surface area contributed by atoms with Gasteiger partial charge in [-0.15, -0.1) is 11.8 Å². The molecular formula is C25H29NO6S. The average molecular weight is 472 g/mol. The van der Waals surface area contributed by atoms with Gasteiger partial charge in [-0.1, -0.05) is 67.6 Å².